The largest absolute Gasteiger partial charge is 0.352 e. The molecule has 0 bridgehead atoms. The Morgan fingerprint density at radius 2 is 1.56 bits per heavy atom. The number of carbonyl (C=O) groups is 1. The van der Waals surface area contributed by atoms with Crippen molar-refractivity contribution in [2.75, 3.05) is 17.1 Å². The minimum Gasteiger partial charge on any atom is -0.352 e. The van der Waals surface area contributed by atoms with Crippen LogP contribution in [0.25, 0.3) is 0 Å². The van der Waals surface area contributed by atoms with Gasteiger partial charge in [0.05, 0.1) is 11.9 Å². The maximum absolute atomic E-state index is 12.5. The zero-order valence-electron chi connectivity index (χ0n) is 17.1. The van der Waals surface area contributed by atoms with Crippen LogP contribution in [0.1, 0.15) is 71.3 Å². The Morgan fingerprint density at radius 1 is 1.04 bits per heavy atom. The SMILES string of the molecule is CC(C)(C)c1ccc(N(CC(=O)NC2CCCCCCC2)S(C)(=O)=O)cc1. The van der Waals surface area contributed by atoms with Crippen molar-refractivity contribution in [3.63, 3.8) is 0 Å². The molecule has 0 atom stereocenters. The first-order chi connectivity index (χ1) is 12.6. The van der Waals surface area contributed by atoms with Gasteiger partial charge in [-0.1, -0.05) is 65.0 Å². The van der Waals surface area contributed by atoms with Crippen LogP contribution >= 0.6 is 0 Å². The number of nitrogens with zero attached hydrogens (tertiary/aromatic N) is 1. The first-order valence-electron chi connectivity index (χ1n) is 9.95. The van der Waals surface area contributed by atoms with E-state index in [1.54, 1.807) is 12.1 Å². The van der Waals surface area contributed by atoms with E-state index < -0.39 is 10.0 Å². The molecular formula is C21H34N2O3S. The highest BCUT2D eigenvalue weighted by molar-refractivity contribution is 7.92. The van der Waals surface area contributed by atoms with Gasteiger partial charge in [0, 0.05) is 6.04 Å². The van der Waals surface area contributed by atoms with E-state index in [2.05, 4.69) is 26.1 Å². The lowest BCUT2D eigenvalue weighted by Crippen LogP contribution is -2.44. The van der Waals surface area contributed by atoms with Crippen molar-refractivity contribution in [1.29, 1.82) is 0 Å². The summed E-state index contributed by atoms with van der Waals surface area (Å²) in [4.78, 5) is 12.5. The first kappa shape index (κ1) is 21.7. The van der Waals surface area contributed by atoms with Crippen molar-refractivity contribution in [2.24, 2.45) is 0 Å². The van der Waals surface area contributed by atoms with Gasteiger partial charge in [0.2, 0.25) is 15.9 Å². The van der Waals surface area contributed by atoms with E-state index >= 15 is 0 Å². The van der Waals surface area contributed by atoms with Gasteiger partial charge < -0.3 is 5.32 Å². The van der Waals surface area contributed by atoms with Crippen molar-refractivity contribution in [3.8, 4) is 0 Å². The summed E-state index contributed by atoms with van der Waals surface area (Å²) in [5.74, 6) is -0.231. The fraction of sp³-hybridized carbons (Fsp3) is 0.667. The highest BCUT2D eigenvalue weighted by Gasteiger charge is 2.23. The van der Waals surface area contributed by atoms with Gasteiger partial charge in [-0.05, 0) is 36.0 Å². The fourth-order valence-electron chi connectivity index (χ4n) is 3.53. The highest BCUT2D eigenvalue weighted by atomic mass is 32.2. The van der Waals surface area contributed by atoms with Gasteiger partial charge in [0.1, 0.15) is 6.54 Å². The molecule has 0 radical (unpaired) electrons. The van der Waals surface area contributed by atoms with Crippen molar-refractivity contribution in [1.82, 2.24) is 5.32 Å². The minimum atomic E-state index is -3.54. The second-order valence-corrected chi connectivity index (χ2v) is 10.6. The van der Waals surface area contributed by atoms with Crippen LogP contribution in [0.5, 0.6) is 0 Å². The van der Waals surface area contributed by atoms with E-state index in [4.69, 9.17) is 0 Å². The van der Waals surface area contributed by atoms with Crippen LogP contribution in [0.15, 0.2) is 24.3 Å². The zero-order chi connectivity index (χ0) is 20.1. The molecule has 1 N–H and O–H groups in total. The number of amides is 1. The lowest BCUT2D eigenvalue weighted by atomic mass is 9.87. The first-order valence-corrected chi connectivity index (χ1v) is 11.8. The third kappa shape index (κ3) is 6.83. The van der Waals surface area contributed by atoms with Crippen LogP contribution in [0, 0.1) is 0 Å². The molecule has 0 heterocycles. The molecule has 0 aromatic heterocycles. The summed E-state index contributed by atoms with van der Waals surface area (Å²) in [7, 11) is -3.54. The third-order valence-electron chi connectivity index (χ3n) is 5.18. The lowest BCUT2D eigenvalue weighted by Gasteiger charge is -2.26. The molecule has 1 aliphatic rings. The van der Waals surface area contributed by atoms with E-state index in [-0.39, 0.29) is 23.9 Å². The van der Waals surface area contributed by atoms with Gasteiger partial charge in [-0.15, -0.1) is 0 Å². The molecule has 1 saturated carbocycles. The Morgan fingerprint density at radius 3 is 2.04 bits per heavy atom. The average Bonchev–Trinajstić information content (AvgIpc) is 2.53. The normalized spacial score (nSPS) is 17.0. The summed E-state index contributed by atoms with van der Waals surface area (Å²) >= 11 is 0. The molecule has 0 saturated heterocycles. The number of carbonyl (C=O) groups excluding carboxylic acids is 1. The molecule has 152 valence electrons. The molecule has 6 heteroatoms. The van der Waals surface area contributed by atoms with Gasteiger partial charge in [-0.25, -0.2) is 8.42 Å². The van der Waals surface area contributed by atoms with Gasteiger partial charge >= 0.3 is 0 Å². The molecule has 1 aromatic carbocycles. The minimum absolute atomic E-state index is 0.00989. The van der Waals surface area contributed by atoms with Crippen LogP contribution in [-0.4, -0.2) is 33.2 Å². The fourth-order valence-corrected chi connectivity index (χ4v) is 4.39. The zero-order valence-corrected chi connectivity index (χ0v) is 17.9. The quantitative estimate of drug-likeness (QED) is 0.821. The van der Waals surface area contributed by atoms with Crippen molar-refractivity contribution in [2.45, 2.75) is 77.2 Å². The molecule has 1 aliphatic carbocycles. The maximum Gasteiger partial charge on any atom is 0.240 e. The number of sulfonamides is 1. The maximum atomic E-state index is 12.5. The molecule has 0 aliphatic heterocycles. The van der Waals surface area contributed by atoms with E-state index in [0.717, 1.165) is 37.5 Å². The van der Waals surface area contributed by atoms with Crippen LogP contribution in [-0.2, 0) is 20.2 Å². The summed E-state index contributed by atoms with van der Waals surface area (Å²) in [5.41, 5.74) is 1.64. The van der Waals surface area contributed by atoms with Crippen molar-refractivity contribution >= 4 is 21.6 Å². The van der Waals surface area contributed by atoms with E-state index in [1.807, 2.05) is 12.1 Å². The summed E-state index contributed by atoms with van der Waals surface area (Å²) in [5, 5.41) is 3.05. The van der Waals surface area contributed by atoms with E-state index in [0.29, 0.717) is 5.69 Å². The molecular weight excluding hydrogens is 360 g/mol. The van der Waals surface area contributed by atoms with Gasteiger partial charge in [0.25, 0.3) is 0 Å². The molecule has 2 rings (SSSR count). The summed E-state index contributed by atoms with van der Waals surface area (Å²) in [6.07, 6.45) is 9.03. The molecule has 27 heavy (non-hydrogen) atoms. The monoisotopic (exact) mass is 394 g/mol. The number of hydrogen-bond donors (Lipinski definition) is 1. The van der Waals surface area contributed by atoms with Crippen LogP contribution in [0.3, 0.4) is 0 Å². The molecule has 0 unspecified atom stereocenters. The van der Waals surface area contributed by atoms with Crippen molar-refractivity contribution in [3.05, 3.63) is 29.8 Å². The molecule has 0 spiro atoms. The van der Waals surface area contributed by atoms with Crippen molar-refractivity contribution < 1.29 is 13.2 Å². The van der Waals surface area contributed by atoms with Gasteiger partial charge in [-0.2, -0.15) is 0 Å². The number of anilines is 1. The van der Waals surface area contributed by atoms with E-state index in [9.17, 15) is 13.2 Å². The summed E-state index contributed by atoms with van der Waals surface area (Å²) in [6, 6.07) is 7.58. The second-order valence-electron chi connectivity index (χ2n) is 8.68. The Kier molecular flexibility index (Phi) is 7.32. The van der Waals surface area contributed by atoms with E-state index in [1.165, 1.54) is 23.6 Å². The van der Waals surface area contributed by atoms with Crippen LogP contribution in [0.4, 0.5) is 5.69 Å². The Hall–Kier alpha value is -1.56. The standard InChI is InChI=1S/C21H34N2O3S/c1-21(2,3)17-12-14-19(15-13-17)23(27(4,25)26)16-20(24)22-18-10-8-6-5-7-9-11-18/h12-15,18H,5-11,16H2,1-4H3,(H,22,24). The average molecular weight is 395 g/mol. The Labute approximate surface area is 164 Å². The van der Waals surface area contributed by atoms with Gasteiger partial charge in [0.15, 0.2) is 0 Å². The second kappa shape index (κ2) is 9.09. The highest BCUT2D eigenvalue weighted by Crippen LogP contribution is 2.26. The number of benzene rings is 1. The number of nitrogens with one attached hydrogen (secondary N) is 1. The molecule has 5 nitrogen and oxygen atoms in total. The molecule has 1 fully saturated rings. The summed E-state index contributed by atoms with van der Waals surface area (Å²) < 4.78 is 25.8. The molecule has 1 amide bonds. The van der Waals surface area contributed by atoms with Crippen LogP contribution in [0.2, 0.25) is 0 Å². The van der Waals surface area contributed by atoms with Gasteiger partial charge in [-0.3, -0.25) is 9.10 Å². The predicted octanol–water partition coefficient (Wildman–Crippen LogP) is 3.98. The predicted molar refractivity (Wildman–Crippen MR) is 112 cm³/mol. The number of rotatable bonds is 5. The Bertz CT molecular complexity index is 713. The summed E-state index contributed by atoms with van der Waals surface area (Å²) in [6.45, 7) is 6.15. The smallest absolute Gasteiger partial charge is 0.240 e. The lowest BCUT2D eigenvalue weighted by molar-refractivity contribution is -0.120. The van der Waals surface area contributed by atoms with Crippen LogP contribution < -0.4 is 9.62 Å². The third-order valence-corrected chi connectivity index (χ3v) is 6.32. The topological polar surface area (TPSA) is 66.5 Å². The molecule has 1 aromatic rings. The Balaban J connectivity index is 2.09. The number of hydrogen-bond acceptors (Lipinski definition) is 3.